The number of hydrogen-bond acceptors (Lipinski definition) is 4. The molecule has 3 amide bonds. The van der Waals surface area contributed by atoms with E-state index in [2.05, 4.69) is 15.6 Å². The van der Waals surface area contributed by atoms with Crippen LogP contribution in [0.3, 0.4) is 0 Å². The quantitative estimate of drug-likeness (QED) is 0.844. The van der Waals surface area contributed by atoms with Crippen LogP contribution in [0.1, 0.15) is 12.8 Å². The van der Waals surface area contributed by atoms with E-state index in [1.807, 2.05) is 33.8 Å². The third-order valence-electron chi connectivity index (χ3n) is 4.90. The molecule has 4 heterocycles. The molecule has 1 unspecified atom stereocenters. The molecule has 0 aliphatic carbocycles. The third-order valence-corrected chi connectivity index (χ3v) is 4.90. The van der Waals surface area contributed by atoms with Gasteiger partial charge in [0.15, 0.2) is 0 Å². The van der Waals surface area contributed by atoms with Crippen molar-refractivity contribution in [2.75, 3.05) is 38.0 Å². The number of rotatable bonds is 2. The van der Waals surface area contributed by atoms with Crippen LogP contribution in [-0.4, -0.2) is 69.9 Å². The van der Waals surface area contributed by atoms with Crippen molar-refractivity contribution >= 4 is 23.3 Å². The van der Waals surface area contributed by atoms with Crippen molar-refractivity contribution in [1.29, 1.82) is 0 Å². The standard InChI is InChI=1S/C17H22N6O2/c24-16-11-18-4-9-23(16)14-2-1-6-22(12-14)17(25)20-13-3-7-21-8-5-19-15(21)10-13/h3,5,7-8,10,14,18H,1-2,4,6,9,11-12H2,(H,20,25). The summed E-state index contributed by atoms with van der Waals surface area (Å²) in [6.07, 6.45) is 7.32. The average molecular weight is 342 g/mol. The number of aromatic nitrogens is 2. The molecule has 0 saturated carbocycles. The fourth-order valence-corrected chi connectivity index (χ4v) is 3.59. The SMILES string of the molecule is O=C(Nc1ccn2ccnc2c1)N1CCCC(N2CCNCC2=O)C1. The monoisotopic (exact) mass is 342 g/mol. The van der Waals surface area contributed by atoms with Gasteiger partial charge >= 0.3 is 6.03 Å². The van der Waals surface area contributed by atoms with E-state index in [4.69, 9.17) is 0 Å². The van der Waals surface area contributed by atoms with E-state index >= 15 is 0 Å². The summed E-state index contributed by atoms with van der Waals surface area (Å²) in [6.45, 7) is 3.23. The Hall–Kier alpha value is -2.61. The summed E-state index contributed by atoms with van der Waals surface area (Å²) < 4.78 is 1.89. The summed E-state index contributed by atoms with van der Waals surface area (Å²) in [7, 11) is 0. The number of nitrogens with zero attached hydrogens (tertiary/aromatic N) is 4. The van der Waals surface area contributed by atoms with Gasteiger partial charge in [-0.1, -0.05) is 0 Å². The van der Waals surface area contributed by atoms with Gasteiger partial charge in [-0.05, 0) is 18.9 Å². The van der Waals surface area contributed by atoms with Crippen LogP contribution in [-0.2, 0) is 4.79 Å². The second kappa shape index (κ2) is 6.72. The van der Waals surface area contributed by atoms with Gasteiger partial charge < -0.3 is 24.8 Å². The average Bonchev–Trinajstić information content (AvgIpc) is 3.10. The Balaban J connectivity index is 1.41. The number of fused-ring (bicyclic) bond motifs is 1. The summed E-state index contributed by atoms with van der Waals surface area (Å²) in [5.74, 6) is 0.128. The Labute approximate surface area is 145 Å². The highest BCUT2D eigenvalue weighted by atomic mass is 16.2. The molecular weight excluding hydrogens is 320 g/mol. The first-order valence-electron chi connectivity index (χ1n) is 8.69. The Kier molecular flexibility index (Phi) is 4.27. The fourth-order valence-electron chi connectivity index (χ4n) is 3.59. The molecule has 4 rings (SSSR count). The van der Waals surface area contributed by atoms with Gasteiger partial charge in [0, 0.05) is 62.6 Å². The van der Waals surface area contributed by atoms with E-state index in [0.717, 1.165) is 37.3 Å². The van der Waals surface area contributed by atoms with Crippen molar-refractivity contribution in [3.05, 3.63) is 30.7 Å². The van der Waals surface area contributed by atoms with Crippen molar-refractivity contribution in [2.24, 2.45) is 0 Å². The summed E-state index contributed by atoms with van der Waals surface area (Å²) in [5.41, 5.74) is 1.52. The van der Waals surface area contributed by atoms with Crippen molar-refractivity contribution in [3.8, 4) is 0 Å². The van der Waals surface area contributed by atoms with Gasteiger partial charge in [-0.3, -0.25) is 4.79 Å². The van der Waals surface area contributed by atoms with E-state index in [0.29, 0.717) is 19.6 Å². The van der Waals surface area contributed by atoms with Crippen molar-refractivity contribution in [3.63, 3.8) is 0 Å². The van der Waals surface area contributed by atoms with Crippen LogP contribution in [0.15, 0.2) is 30.7 Å². The van der Waals surface area contributed by atoms with E-state index in [1.165, 1.54) is 0 Å². The smallest absolute Gasteiger partial charge is 0.321 e. The Morgan fingerprint density at radius 1 is 1.32 bits per heavy atom. The summed E-state index contributed by atoms with van der Waals surface area (Å²) >= 11 is 0. The molecule has 0 aromatic carbocycles. The molecule has 25 heavy (non-hydrogen) atoms. The first-order valence-corrected chi connectivity index (χ1v) is 8.69. The predicted octanol–water partition coefficient (Wildman–Crippen LogP) is 0.762. The molecule has 132 valence electrons. The number of piperidine rings is 1. The minimum atomic E-state index is -0.122. The highest BCUT2D eigenvalue weighted by Crippen LogP contribution is 2.19. The van der Waals surface area contributed by atoms with E-state index in [1.54, 1.807) is 11.1 Å². The highest BCUT2D eigenvalue weighted by Gasteiger charge is 2.31. The summed E-state index contributed by atoms with van der Waals surface area (Å²) in [5, 5.41) is 6.04. The second-order valence-corrected chi connectivity index (χ2v) is 6.54. The van der Waals surface area contributed by atoms with Gasteiger partial charge in [0.25, 0.3) is 0 Å². The molecule has 2 aromatic heterocycles. The zero-order valence-corrected chi connectivity index (χ0v) is 14.0. The molecule has 1 atom stereocenters. The summed E-state index contributed by atoms with van der Waals surface area (Å²) in [4.78, 5) is 32.7. The molecule has 2 aromatic rings. The van der Waals surface area contributed by atoms with Crippen molar-refractivity contribution < 1.29 is 9.59 Å². The molecular formula is C17H22N6O2. The number of likely N-dealkylation sites (tertiary alicyclic amines) is 1. The molecule has 0 bridgehead atoms. The topological polar surface area (TPSA) is 82.0 Å². The maximum absolute atomic E-state index is 12.6. The molecule has 2 fully saturated rings. The van der Waals surface area contributed by atoms with Gasteiger partial charge in [0.1, 0.15) is 5.65 Å². The molecule has 2 N–H and O–H groups in total. The maximum atomic E-state index is 12.6. The van der Waals surface area contributed by atoms with Crippen LogP contribution in [0, 0.1) is 0 Å². The van der Waals surface area contributed by atoms with Crippen LogP contribution < -0.4 is 10.6 Å². The number of hydrogen-bond donors (Lipinski definition) is 2. The largest absolute Gasteiger partial charge is 0.336 e. The molecule has 8 nitrogen and oxygen atoms in total. The Morgan fingerprint density at radius 3 is 3.12 bits per heavy atom. The van der Waals surface area contributed by atoms with Gasteiger partial charge in [-0.2, -0.15) is 0 Å². The predicted molar refractivity (Wildman–Crippen MR) is 93.4 cm³/mol. The normalized spacial score (nSPS) is 21.6. The van der Waals surface area contributed by atoms with Crippen LogP contribution in [0.4, 0.5) is 10.5 Å². The van der Waals surface area contributed by atoms with Gasteiger partial charge in [0.05, 0.1) is 6.54 Å². The van der Waals surface area contributed by atoms with Crippen LogP contribution in [0.5, 0.6) is 0 Å². The zero-order chi connectivity index (χ0) is 17.2. The number of urea groups is 1. The van der Waals surface area contributed by atoms with Crippen LogP contribution in [0.2, 0.25) is 0 Å². The Bertz CT molecular complexity index is 788. The summed E-state index contributed by atoms with van der Waals surface area (Å²) in [6, 6.07) is 3.69. The Morgan fingerprint density at radius 2 is 2.24 bits per heavy atom. The molecule has 8 heteroatoms. The number of imidazole rings is 1. The van der Waals surface area contributed by atoms with Crippen LogP contribution in [0.25, 0.3) is 5.65 Å². The molecule has 2 aliphatic heterocycles. The van der Waals surface area contributed by atoms with Gasteiger partial charge in [-0.15, -0.1) is 0 Å². The molecule has 2 saturated heterocycles. The first-order chi connectivity index (χ1) is 12.2. The second-order valence-electron chi connectivity index (χ2n) is 6.54. The van der Waals surface area contributed by atoms with Gasteiger partial charge in [-0.25, -0.2) is 9.78 Å². The number of pyridine rings is 1. The molecule has 0 spiro atoms. The van der Waals surface area contributed by atoms with Crippen LogP contribution >= 0.6 is 0 Å². The van der Waals surface area contributed by atoms with Crippen molar-refractivity contribution in [2.45, 2.75) is 18.9 Å². The lowest BCUT2D eigenvalue weighted by molar-refractivity contribution is -0.135. The molecule has 2 aliphatic rings. The number of nitrogens with one attached hydrogen (secondary N) is 2. The minimum absolute atomic E-state index is 0.115. The highest BCUT2D eigenvalue weighted by molar-refractivity contribution is 5.90. The van der Waals surface area contributed by atoms with E-state index in [-0.39, 0.29) is 18.0 Å². The third kappa shape index (κ3) is 3.30. The number of piperazine rings is 1. The van der Waals surface area contributed by atoms with Gasteiger partial charge in [0.2, 0.25) is 5.91 Å². The number of anilines is 1. The lowest BCUT2D eigenvalue weighted by Gasteiger charge is -2.41. The number of amides is 3. The fraction of sp³-hybridized carbons (Fsp3) is 0.471. The lowest BCUT2D eigenvalue weighted by Crippen LogP contribution is -2.57. The number of carbonyl (C=O) groups excluding carboxylic acids is 2. The maximum Gasteiger partial charge on any atom is 0.321 e. The number of carbonyl (C=O) groups is 2. The first kappa shape index (κ1) is 15.9. The molecule has 0 radical (unpaired) electrons. The van der Waals surface area contributed by atoms with E-state index < -0.39 is 0 Å². The minimum Gasteiger partial charge on any atom is -0.336 e. The van der Waals surface area contributed by atoms with Crippen molar-refractivity contribution in [1.82, 2.24) is 24.5 Å². The lowest BCUT2D eigenvalue weighted by atomic mass is 10.0. The zero-order valence-electron chi connectivity index (χ0n) is 14.0. The van der Waals surface area contributed by atoms with E-state index in [9.17, 15) is 9.59 Å².